The Kier molecular flexibility index (Phi) is 4.42. The topological polar surface area (TPSA) is 87.0 Å². The zero-order chi connectivity index (χ0) is 17.4. The highest BCUT2D eigenvalue weighted by atomic mass is 79.9. The van der Waals surface area contributed by atoms with Crippen molar-refractivity contribution in [2.75, 3.05) is 12.4 Å². The fourth-order valence-corrected chi connectivity index (χ4v) is 3.39. The Balaban J connectivity index is 2.28. The number of carbonyl (C=O) groups is 1. The number of esters is 1. The summed E-state index contributed by atoms with van der Waals surface area (Å²) in [5.74, 6) is -1.28. The van der Waals surface area contributed by atoms with Gasteiger partial charge in [0, 0.05) is 16.1 Å². The van der Waals surface area contributed by atoms with E-state index in [-0.39, 0.29) is 10.3 Å². The first kappa shape index (κ1) is 16.7. The third-order valence-corrected chi connectivity index (χ3v) is 4.70. The van der Waals surface area contributed by atoms with Crippen molar-refractivity contribution >= 4 is 39.9 Å². The fourth-order valence-electron chi connectivity index (χ4n) is 2.93. The van der Waals surface area contributed by atoms with Crippen LogP contribution in [0, 0.1) is 10.7 Å². The Morgan fingerprint density at radius 1 is 1.29 bits per heavy atom. The van der Waals surface area contributed by atoms with Crippen LogP contribution in [-0.4, -0.2) is 23.0 Å². The standard InChI is InChI=1S/C16H14BrN3O3S/c1-7-10(15(22)23-2)11(8-3-5-9(17)6-4-8)12-13(18-7)19-16(24)20-14(12)21/h3-6,10-11H,1H2,2H3,(H3,18,19,20,21,24)/t10-,11-/m1/s1. The highest BCUT2D eigenvalue weighted by Gasteiger charge is 2.41. The first-order valence-electron chi connectivity index (χ1n) is 7.08. The molecule has 0 fully saturated rings. The number of aromatic nitrogens is 2. The number of methoxy groups -OCH3 is 1. The van der Waals surface area contributed by atoms with E-state index < -0.39 is 17.8 Å². The van der Waals surface area contributed by atoms with Crippen molar-refractivity contribution in [3.05, 3.63) is 67.3 Å². The molecular formula is C16H14BrN3O3S. The van der Waals surface area contributed by atoms with Gasteiger partial charge >= 0.3 is 5.97 Å². The SMILES string of the molecule is C=C1Nc2[nH]c(=S)[nH]c(=O)c2[C@H](c2ccc(Br)cc2)[C@@H]1C(=O)OC. The zero-order valence-electron chi connectivity index (χ0n) is 12.7. The molecule has 2 aromatic rings. The largest absolute Gasteiger partial charge is 0.468 e. The maximum atomic E-state index is 12.5. The highest BCUT2D eigenvalue weighted by molar-refractivity contribution is 9.10. The van der Waals surface area contributed by atoms with Crippen LogP contribution in [0.1, 0.15) is 17.0 Å². The number of fused-ring (bicyclic) bond motifs is 1. The van der Waals surface area contributed by atoms with Gasteiger partial charge in [-0.25, -0.2) is 0 Å². The van der Waals surface area contributed by atoms with Crippen molar-refractivity contribution in [1.29, 1.82) is 0 Å². The Morgan fingerprint density at radius 2 is 1.96 bits per heavy atom. The van der Waals surface area contributed by atoms with Gasteiger partial charge < -0.3 is 15.0 Å². The molecule has 8 heteroatoms. The van der Waals surface area contributed by atoms with Gasteiger partial charge in [0.2, 0.25) is 0 Å². The van der Waals surface area contributed by atoms with Crippen LogP contribution in [0.5, 0.6) is 0 Å². The number of benzene rings is 1. The quantitative estimate of drug-likeness (QED) is 0.525. The molecule has 2 atom stereocenters. The third kappa shape index (κ3) is 2.83. The number of nitrogens with one attached hydrogen (secondary N) is 3. The monoisotopic (exact) mass is 407 g/mol. The number of hydrogen-bond donors (Lipinski definition) is 3. The second-order valence-electron chi connectivity index (χ2n) is 5.38. The van der Waals surface area contributed by atoms with Crippen LogP contribution < -0.4 is 10.9 Å². The molecule has 2 heterocycles. The van der Waals surface area contributed by atoms with E-state index in [4.69, 9.17) is 17.0 Å². The minimum absolute atomic E-state index is 0.199. The molecule has 0 aliphatic carbocycles. The minimum atomic E-state index is -0.728. The van der Waals surface area contributed by atoms with Gasteiger partial charge in [0.05, 0.1) is 12.7 Å². The number of anilines is 1. The Bertz CT molecular complexity index is 933. The van der Waals surface area contributed by atoms with Gasteiger partial charge in [-0.05, 0) is 29.9 Å². The number of aromatic amines is 2. The van der Waals surface area contributed by atoms with E-state index in [1.54, 1.807) is 0 Å². The number of ether oxygens (including phenoxy) is 1. The lowest BCUT2D eigenvalue weighted by molar-refractivity contribution is -0.144. The van der Waals surface area contributed by atoms with E-state index in [0.29, 0.717) is 17.1 Å². The molecule has 1 aromatic heterocycles. The van der Waals surface area contributed by atoms with E-state index in [1.165, 1.54) is 7.11 Å². The molecule has 3 N–H and O–H groups in total. The first-order chi connectivity index (χ1) is 11.4. The van der Waals surface area contributed by atoms with Gasteiger partial charge in [0.25, 0.3) is 5.56 Å². The van der Waals surface area contributed by atoms with Gasteiger partial charge in [-0.1, -0.05) is 34.6 Å². The van der Waals surface area contributed by atoms with Crippen molar-refractivity contribution in [2.24, 2.45) is 5.92 Å². The second kappa shape index (κ2) is 6.37. The summed E-state index contributed by atoms with van der Waals surface area (Å²) < 4.78 is 6.02. The number of carbonyl (C=O) groups excluding carboxylic acids is 1. The first-order valence-corrected chi connectivity index (χ1v) is 8.28. The average Bonchev–Trinajstić information content (AvgIpc) is 2.53. The summed E-state index contributed by atoms with van der Waals surface area (Å²) >= 11 is 8.41. The second-order valence-corrected chi connectivity index (χ2v) is 6.70. The maximum Gasteiger partial charge on any atom is 0.315 e. The van der Waals surface area contributed by atoms with Gasteiger partial charge in [-0.15, -0.1) is 0 Å². The average molecular weight is 408 g/mol. The van der Waals surface area contributed by atoms with Crippen LogP contribution in [0.2, 0.25) is 0 Å². The van der Waals surface area contributed by atoms with Crippen molar-refractivity contribution in [3.63, 3.8) is 0 Å². The predicted molar refractivity (Wildman–Crippen MR) is 96.5 cm³/mol. The van der Waals surface area contributed by atoms with E-state index in [1.807, 2.05) is 24.3 Å². The molecule has 0 saturated carbocycles. The minimum Gasteiger partial charge on any atom is -0.468 e. The molecule has 0 radical (unpaired) electrons. The third-order valence-electron chi connectivity index (χ3n) is 3.97. The molecule has 0 spiro atoms. The van der Waals surface area contributed by atoms with Gasteiger partial charge in [-0.3, -0.25) is 14.6 Å². The molecule has 1 aromatic carbocycles. The number of rotatable bonds is 2. The normalized spacial score (nSPS) is 19.3. The smallest absolute Gasteiger partial charge is 0.315 e. The van der Waals surface area contributed by atoms with Crippen LogP contribution in [0.4, 0.5) is 5.82 Å². The highest BCUT2D eigenvalue weighted by Crippen LogP contribution is 2.41. The molecule has 0 unspecified atom stereocenters. The summed E-state index contributed by atoms with van der Waals surface area (Å²) in [4.78, 5) is 30.4. The van der Waals surface area contributed by atoms with Crippen LogP contribution in [0.15, 0.2) is 45.8 Å². The molecule has 124 valence electrons. The van der Waals surface area contributed by atoms with Crippen LogP contribution in [0.25, 0.3) is 0 Å². The summed E-state index contributed by atoms with van der Waals surface area (Å²) in [5, 5.41) is 2.97. The van der Waals surface area contributed by atoms with Crippen LogP contribution in [0.3, 0.4) is 0 Å². The van der Waals surface area contributed by atoms with Crippen molar-refractivity contribution < 1.29 is 9.53 Å². The predicted octanol–water partition coefficient (Wildman–Crippen LogP) is 3.06. The Morgan fingerprint density at radius 3 is 2.58 bits per heavy atom. The lowest BCUT2D eigenvalue weighted by Crippen LogP contribution is -2.37. The lowest BCUT2D eigenvalue weighted by atomic mass is 9.77. The van der Waals surface area contributed by atoms with E-state index >= 15 is 0 Å². The zero-order valence-corrected chi connectivity index (χ0v) is 15.1. The van der Waals surface area contributed by atoms with E-state index in [0.717, 1.165) is 10.0 Å². The molecule has 1 aliphatic heterocycles. The van der Waals surface area contributed by atoms with Crippen molar-refractivity contribution in [2.45, 2.75) is 5.92 Å². The van der Waals surface area contributed by atoms with Crippen LogP contribution >= 0.6 is 28.1 Å². The number of hydrogen-bond acceptors (Lipinski definition) is 5. The lowest BCUT2D eigenvalue weighted by Gasteiger charge is -2.33. The summed E-state index contributed by atoms with van der Waals surface area (Å²) in [6, 6.07) is 7.42. The molecule has 3 rings (SSSR count). The summed E-state index contributed by atoms with van der Waals surface area (Å²) in [6.07, 6.45) is 0. The molecule has 0 bridgehead atoms. The van der Waals surface area contributed by atoms with Crippen molar-refractivity contribution in [3.8, 4) is 0 Å². The number of H-pyrrole nitrogens is 2. The molecule has 6 nitrogen and oxygen atoms in total. The molecule has 1 aliphatic rings. The molecule has 0 saturated heterocycles. The molecular weight excluding hydrogens is 394 g/mol. The molecule has 0 amide bonds. The fraction of sp³-hybridized carbons (Fsp3) is 0.188. The van der Waals surface area contributed by atoms with E-state index in [9.17, 15) is 9.59 Å². The Hall–Kier alpha value is -2.19. The number of halogens is 1. The van der Waals surface area contributed by atoms with E-state index in [2.05, 4.69) is 37.8 Å². The summed E-state index contributed by atoms with van der Waals surface area (Å²) in [6.45, 7) is 3.93. The summed E-state index contributed by atoms with van der Waals surface area (Å²) in [7, 11) is 1.31. The van der Waals surface area contributed by atoms with Crippen LogP contribution in [-0.2, 0) is 9.53 Å². The molecule has 24 heavy (non-hydrogen) atoms. The van der Waals surface area contributed by atoms with Crippen molar-refractivity contribution in [1.82, 2.24) is 9.97 Å². The van der Waals surface area contributed by atoms with Gasteiger partial charge in [0.1, 0.15) is 11.7 Å². The van der Waals surface area contributed by atoms with Gasteiger partial charge in [-0.2, -0.15) is 0 Å². The Labute approximate surface area is 151 Å². The summed E-state index contributed by atoms with van der Waals surface area (Å²) in [5.41, 5.74) is 1.29. The van der Waals surface area contributed by atoms with Gasteiger partial charge in [0.15, 0.2) is 4.77 Å². The maximum absolute atomic E-state index is 12.5.